The van der Waals surface area contributed by atoms with Crippen LogP contribution in [0.4, 0.5) is 0 Å². The average molecular weight is 194 g/mol. The van der Waals surface area contributed by atoms with Crippen LogP contribution in [0.3, 0.4) is 0 Å². The molecule has 2 N–H and O–H groups in total. The predicted octanol–water partition coefficient (Wildman–Crippen LogP) is 1.13. The van der Waals surface area contributed by atoms with Crippen LogP contribution < -0.4 is 0 Å². The Bertz CT molecular complexity index is 337. The second-order valence-corrected chi connectivity index (χ2v) is 3.75. The van der Waals surface area contributed by atoms with Crippen LogP contribution in [0.5, 0.6) is 0 Å². The van der Waals surface area contributed by atoms with Crippen molar-refractivity contribution >= 4 is 5.78 Å². The molecule has 0 amide bonds. The van der Waals surface area contributed by atoms with Gasteiger partial charge >= 0.3 is 0 Å². The highest BCUT2D eigenvalue weighted by atomic mass is 16.3. The first-order valence-electron chi connectivity index (χ1n) is 4.42. The Morgan fingerprint density at radius 1 is 1.43 bits per heavy atom. The van der Waals surface area contributed by atoms with Crippen molar-refractivity contribution in [3.8, 4) is 0 Å². The lowest BCUT2D eigenvalue weighted by Crippen LogP contribution is -2.31. The molecular formula is C11H14O3. The highest BCUT2D eigenvalue weighted by molar-refractivity contribution is 6.01. The number of Topliss-reactive ketones (excluding diaryl/α,β-unsaturated/α-hetero) is 1. The molecule has 0 unspecified atom stereocenters. The van der Waals surface area contributed by atoms with E-state index in [1.165, 1.54) is 13.8 Å². The Morgan fingerprint density at radius 2 is 2.07 bits per heavy atom. The molecule has 1 rings (SSSR count). The summed E-state index contributed by atoms with van der Waals surface area (Å²) in [6.07, 6.45) is 0. The van der Waals surface area contributed by atoms with Crippen LogP contribution >= 0.6 is 0 Å². The molecule has 0 bridgehead atoms. The first-order chi connectivity index (χ1) is 6.45. The van der Waals surface area contributed by atoms with Gasteiger partial charge in [0.05, 0.1) is 6.61 Å². The highest BCUT2D eigenvalue weighted by Crippen LogP contribution is 2.14. The molecule has 76 valence electrons. The van der Waals surface area contributed by atoms with Gasteiger partial charge in [-0.1, -0.05) is 18.2 Å². The molecule has 0 radical (unpaired) electrons. The molecule has 0 saturated carbocycles. The van der Waals surface area contributed by atoms with E-state index in [1.54, 1.807) is 24.3 Å². The predicted molar refractivity (Wildman–Crippen MR) is 53.0 cm³/mol. The lowest BCUT2D eigenvalue weighted by Gasteiger charge is -2.15. The molecule has 3 nitrogen and oxygen atoms in total. The van der Waals surface area contributed by atoms with Gasteiger partial charge in [0, 0.05) is 5.56 Å². The van der Waals surface area contributed by atoms with E-state index >= 15 is 0 Å². The lowest BCUT2D eigenvalue weighted by atomic mass is 9.96. The van der Waals surface area contributed by atoms with Crippen LogP contribution in [-0.4, -0.2) is 21.6 Å². The maximum Gasteiger partial charge on any atom is 0.193 e. The van der Waals surface area contributed by atoms with Crippen molar-refractivity contribution in [3.05, 3.63) is 35.4 Å². The molecule has 0 fully saturated rings. The first kappa shape index (κ1) is 10.9. The van der Waals surface area contributed by atoms with E-state index in [1.807, 2.05) is 0 Å². The molecule has 1 aromatic carbocycles. The molecular weight excluding hydrogens is 180 g/mol. The minimum absolute atomic E-state index is 0.104. The van der Waals surface area contributed by atoms with E-state index in [9.17, 15) is 9.90 Å². The van der Waals surface area contributed by atoms with Crippen LogP contribution in [0, 0.1) is 0 Å². The molecule has 0 aromatic heterocycles. The molecule has 1 aromatic rings. The van der Waals surface area contributed by atoms with Gasteiger partial charge in [0.2, 0.25) is 0 Å². The minimum Gasteiger partial charge on any atom is -0.392 e. The summed E-state index contributed by atoms with van der Waals surface area (Å²) in [6, 6.07) is 6.62. The maximum atomic E-state index is 11.6. The number of hydrogen-bond donors (Lipinski definition) is 2. The maximum absolute atomic E-state index is 11.6. The zero-order chi connectivity index (χ0) is 10.8. The Morgan fingerprint density at radius 3 is 2.57 bits per heavy atom. The number of carbonyl (C=O) groups is 1. The van der Waals surface area contributed by atoms with Gasteiger partial charge in [-0.15, -0.1) is 0 Å². The van der Waals surface area contributed by atoms with Gasteiger partial charge in [-0.3, -0.25) is 4.79 Å². The topological polar surface area (TPSA) is 57.5 Å². The van der Waals surface area contributed by atoms with Crippen LogP contribution in [0.15, 0.2) is 24.3 Å². The number of benzene rings is 1. The smallest absolute Gasteiger partial charge is 0.193 e. The summed E-state index contributed by atoms with van der Waals surface area (Å²) in [5, 5.41) is 18.4. The Hall–Kier alpha value is -1.19. The van der Waals surface area contributed by atoms with E-state index in [4.69, 9.17) is 5.11 Å². The molecule has 0 aliphatic rings. The number of aliphatic hydroxyl groups is 2. The molecule has 0 saturated heterocycles. The average Bonchev–Trinajstić information content (AvgIpc) is 2.15. The van der Waals surface area contributed by atoms with Gasteiger partial charge in [0.15, 0.2) is 5.78 Å². The van der Waals surface area contributed by atoms with Crippen molar-refractivity contribution in [1.82, 2.24) is 0 Å². The van der Waals surface area contributed by atoms with Crippen molar-refractivity contribution in [1.29, 1.82) is 0 Å². The lowest BCUT2D eigenvalue weighted by molar-refractivity contribution is 0.0488. The van der Waals surface area contributed by atoms with Gasteiger partial charge < -0.3 is 10.2 Å². The van der Waals surface area contributed by atoms with Crippen molar-refractivity contribution in [3.63, 3.8) is 0 Å². The summed E-state index contributed by atoms with van der Waals surface area (Å²) in [4.78, 5) is 11.6. The normalized spacial score (nSPS) is 11.4. The summed E-state index contributed by atoms with van der Waals surface area (Å²) >= 11 is 0. The number of aliphatic hydroxyl groups excluding tert-OH is 1. The summed E-state index contributed by atoms with van der Waals surface area (Å²) in [5.74, 6) is -0.340. The van der Waals surface area contributed by atoms with Crippen LogP contribution in [0.2, 0.25) is 0 Å². The summed E-state index contributed by atoms with van der Waals surface area (Å²) in [7, 11) is 0. The monoisotopic (exact) mass is 194 g/mol. The second-order valence-electron chi connectivity index (χ2n) is 3.75. The van der Waals surface area contributed by atoms with E-state index < -0.39 is 5.60 Å². The number of carbonyl (C=O) groups excluding carboxylic acids is 1. The first-order valence-corrected chi connectivity index (χ1v) is 4.42. The third-order valence-electron chi connectivity index (χ3n) is 1.93. The zero-order valence-electron chi connectivity index (χ0n) is 8.32. The largest absolute Gasteiger partial charge is 0.392 e. The number of rotatable bonds is 3. The van der Waals surface area contributed by atoms with E-state index in [2.05, 4.69) is 0 Å². The van der Waals surface area contributed by atoms with Gasteiger partial charge in [0.25, 0.3) is 0 Å². The van der Waals surface area contributed by atoms with Crippen molar-refractivity contribution in [2.24, 2.45) is 0 Å². The fourth-order valence-electron chi connectivity index (χ4n) is 1.16. The van der Waals surface area contributed by atoms with Gasteiger partial charge in [-0.2, -0.15) is 0 Å². The Kier molecular flexibility index (Phi) is 3.03. The van der Waals surface area contributed by atoms with E-state index in [-0.39, 0.29) is 12.4 Å². The molecule has 0 aliphatic heterocycles. The fourth-order valence-corrected chi connectivity index (χ4v) is 1.16. The van der Waals surface area contributed by atoms with Crippen LogP contribution in [-0.2, 0) is 6.61 Å². The third kappa shape index (κ3) is 2.40. The minimum atomic E-state index is -1.37. The molecule has 3 heteroatoms. The molecule has 0 aliphatic carbocycles. The Labute approximate surface area is 83.0 Å². The fraction of sp³-hybridized carbons (Fsp3) is 0.364. The molecule has 14 heavy (non-hydrogen) atoms. The quantitative estimate of drug-likeness (QED) is 0.709. The number of hydrogen-bond acceptors (Lipinski definition) is 3. The van der Waals surface area contributed by atoms with Crippen molar-refractivity contribution in [2.75, 3.05) is 0 Å². The summed E-state index contributed by atoms with van der Waals surface area (Å²) in [5.41, 5.74) is -0.280. The van der Waals surface area contributed by atoms with Crippen molar-refractivity contribution < 1.29 is 15.0 Å². The van der Waals surface area contributed by atoms with Crippen molar-refractivity contribution in [2.45, 2.75) is 26.1 Å². The second kappa shape index (κ2) is 3.90. The van der Waals surface area contributed by atoms with Crippen LogP contribution in [0.25, 0.3) is 0 Å². The number of ketones is 1. The highest BCUT2D eigenvalue weighted by Gasteiger charge is 2.24. The summed E-state index contributed by atoms with van der Waals surface area (Å²) in [6.45, 7) is 2.79. The standard InChI is InChI=1S/C11H14O3/c1-11(2,14)10(13)9-5-3-4-8(6-9)7-12/h3-6,12,14H,7H2,1-2H3. The van der Waals surface area contributed by atoms with E-state index in [0.29, 0.717) is 11.1 Å². The van der Waals surface area contributed by atoms with E-state index in [0.717, 1.165) is 0 Å². The third-order valence-corrected chi connectivity index (χ3v) is 1.93. The van der Waals surface area contributed by atoms with Gasteiger partial charge in [-0.05, 0) is 25.5 Å². The van der Waals surface area contributed by atoms with Gasteiger partial charge in [0.1, 0.15) is 5.60 Å². The van der Waals surface area contributed by atoms with Gasteiger partial charge in [-0.25, -0.2) is 0 Å². The Balaban J connectivity index is 3.02. The summed E-state index contributed by atoms with van der Waals surface area (Å²) < 4.78 is 0. The molecule has 0 heterocycles. The molecule has 0 atom stereocenters. The SMILES string of the molecule is CC(C)(O)C(=O)c1cccc(CO)c1. The van der Waals surface area contributed by atoms with Crippen LogP contribution in [0.1, 0.15) is 29.8 Å². The molecule has 0 spiro atoms. The zero-order valence-corrected chi connectivity index (χ0v) is 8.32.